The molecule has 0 unspecified atom stereocenters. The van der Waals surface area contributed by atoms with E-state index in [1.807, 2.05) is 27.7 Å². The molecule has 2 rings (SSSR count). The van der Waals surface area contributed by atoms with Crippen molar-refractivity contribution in [1.29, 1.82) is 0 Å². The number of hydrogen-bond donors (Lipinski definition) is 0. The number of halogens is 1. The van der Waals surface area contributed by atoms with Gasteiger partial charge in [0.2, 0.25) is 0 Å². The lowest BCUT2D eigenvalue weighted by molar-refractivity contribution is -0.140. The van der Waals surface area contributed by atoms with E-state index in [0.29, 0.717) is 17.4 Å². The lowest BCUT2D eigenvalue weighted by atomic mass is 9.78. The van der Waals surface area contributed by atoms with Gasteiger partial charge in [-0.3, -0.25) is 4.79 Å². The third kappa shape index (κ3) is 3.50. The quantitative estimate of drug-likeness (QED) is 0.632. The van der Waals surface area contributed by atoms with Crippen LogP contribution in [-0.2, 0) is 25.3 Å². The van der Waals surface area contributed by atoms with Gasteiger partial charge in [-0.15, -0.1) is 0 Å². The van der Waals surface area contributed by atoms with Crippen molar-refractivity contribution in [3.8, 4) is 0 Å². The van der Waals surface area contributed by atoms with Gasteiger partial charge in [-0.05, 0) is 44.8 Å². The second-order valence-corrected chi connectivity index (χ2v) is 6.53. The van der Waals surface area contributed by atoms with Crippen LogP contribution in [0.5, 0.6) is 0 Å². The van der Waals surface area contributed by atoms with Gasteiger partial charge in [-0.2, -0.15) is 0 Å². The predicted octanol–water partition coefficient (Wildman–Crippen LogP) is 2.23. The number of hydrogen-bond acceptors (Lipinski definition) is 4. The molecular formula is C16H22BFO4. The SMILES string of the molecule is CC(=O)OCCc1ccc(B2OC(C)(C)C(C)(C)O2)cc1F. The van der Waals surface area contributed by atoms with Gasteiger partial charge >= 0.3 is 13.1 Å². The van der Waals surface area contributed by atoms with Crippen LogP contribution in [-0.4, -0.2) is 30.9 Å². The third-order valence-electron chi connectivity index (χ3n) is 4.28. The van der Waals surface area contributed by atoms with Crippen molar-refractivity contribution in [2.45, 2.75) is 52.2 Å². The summed E-state index contributed by atoms with van der Waals surface area (Å²) in [7, 11) is -0.581. The largest absolute Gasteiger partial charge is 0.494 e. The standard InChI is InChI=1S/C16H22BFO4/c1-11(19)20-9-8-12-6-7-13(10-14(12)18)17-21-15(2,3)16(4,5)22-17/h6-7,10H,8-9H2,1-5H3. The van der Waals surface area contributed by atoms with Gasteiger partial charge in [0.15, 0.2) is 0 Å². The molecule has 0 radical (unpaired) electrons. The predicted molar refractivity (Wildman–Crippen MR) is 82.5 cm³/mol. The van der Waals surface area contributed by atoms with Gasteiger partial charge in [-0.1, -0.05) is 12.1 Å². The first kappa shape index (κ1) is 17.0. The Balaban J connectivity index is 2.09. The number of rotatable bonds is 4. The molecule has 0 N–H and O–H groups in total. The molecule has 1 aromatic carbocycles. The Morgan fingerprint density at radius 1 is 1.23 bits per heavy atom. The third-order valence-corrected chi connectivity index (χ3v) is 4.28. The maximum atomic E-state index is 14.2. The van der Waals surface area contributed by atoms with Gasteiger partial charge in [-0.25, -0.2) is 4.39 Å². The summed E-state index contributed by atoms with van der Waals surface area (Å²) in [4.78, 5) is 10.7. The number of esters is 1. The Hall–Kier alpha value is -1.40. The van der Waals surface area contributed by atoms with Crippen molar-refractivity contribution in [3.05, 3.63) is 29.6 Å². The molecule has 120 valence electrons. The Kier molecular flexibility index (Phi) is 4.63. The molecule has 1 saturated heterocycles. The van der Waals surface area contributed by atoms with E-state index < -0.39 is 18.3 Å². The van der Waals surface area contributed by atoms with E-state index in [-0.39, 0.29) is 18.4 Å². The summed E-state index contributed by atoms with van der Waals surface area (Å²) in [6, 6.07) is 4.89. The highest BCUT2D eigenvalue weighted by atomic mass is 19.1. The van der Waals surface area contributed by atoms with Crippen LogP contribution in [0.25, 0.3) is 0 Å². The zero-order valence-corrected chi connectivity index (χ0v) is 13.7. The van der Waals surface area contributed by atoms with Gasteiger partial charge in [0.25, 0.3) is 0 Å². The molecule has 0 aliphatic carbocycles. The fourth-order valence-corrected chi connectivity index (χ4v) is 2.20. The lowest BCUT2D eigenvalue weighted by Crippen LogP contribution is -2.41. The molecule has 0 spiro atoms. The van der Waals surface area contributed by atoms with Crippen LogP contribution in [0.15, 0.2) is 18.2 Å². The first-order chi connectivity index (χ1) is 10.1. The molecule has 1 heterocycles. The van der Waals surface area contributed by atoms with E-state index in [1.54, 1.807) is 12.1 Å². The number of benzene rings is 1. The molecule has 6 heteroatoms. The van der Waals surface area contributed by atoms with Crippen LogP contribution >= 0.6 is 0 Å². The monoisotopic (exact) mass is 308 g/mol. The summed E-state index contributed by atoms with van der Waals surface area (Å²) in [6.07, 6.45) is 0.342. The highest BCUT2D eigenvalue weighted by Gasteiger charge is 2.51. The molecule has 22 heavy (non-hydrogen) atoms. The van der Waals surface area contributed by atoms with Crippen LogP contribution in [0, 0.1) is 5.82 Å². The fourth-order valence-electron chi connectivity index (χ4n) is 2.20. The van der Waals surface area contributed by atoms with E-state index >= 15 is 0 Å². The zero-order valence-electron chi connectivity index (χ0n) is 13.7. The van der Waals surface area contributed by atoms with Gasteiger partial charge < -0.3 is 14.0 Å². The first-order valence-corrected chi connectivity index (χ1v) is 7.40. The number of carbonyl (C=O) groups excluding carboxylic acids is 1. The van der Waals surface area contributed by atoms with Crippen molar-refractivity contribution in [2.75, 3.05) is 6.61 Å². The van der Waals surface area contributed by atoms with E-state index in [0.717, 1.165) is 0 Å². The minimum Gasteiger partial charge on any atom is -0.466 e. The van der Waals surface area contributed by atoms with Crippen LogP contribution in [0.2, 0.25) is 0 Å². The Bertz CT molecular complexity index is 555. The van der Waals surface area contributed by atoms with Gasteiger partial charge in [0, 0.05) is 13.3 Å². The topological polar surface area (TPSA) is 44.8 Å². The van der Waals surface area contributed by atoms with Crippen molar-refractivity contribution < 1.29 is 23.2 Å². The molecule has 0 saturated carbocycles. The number of ether oxygens (including phenoxy) is 1. The van der Waals surface area contributed by atoms with Crippen molar-refractivity contribution in [1.82, 2.24) is 0 Å². The molecule has 0 atom stereocenters. The molecule has 0 amide bonds. The fraction of sp³-hybridized carbons (Fsp3) is 0.562. The normalized spacial score (nSPS) is 19.3. The maximum absolute atomic E-state index is 14.2. The summed E-state index contributed by atoms with van der Waals surface area (Å²) in [5, 5.41) is 0. The molecule has 0 bridgehead atoms. The van der Waals surface area contributed by atoms with E-state index in [9.17, 15) is 9.18 Å². The minimum atomic E-state index is -0.581. The molecule has 4 nitrogen and oxygen atoms in total. The second kappa shape index (κ2) is 6.01. The van der Waals surface area contributed by atoms with Crippen molar-refractivity contribution >= 4 is 18.6 Å². The first-order valence-electron chi connectivity index (χ1n) is 7.40. The average Bonchev–Trinajstić information content (AvgIpc) is 2.60. The molecule has 1 aliphatic heterocycles. The minimum absolute atomic E-state index is 0.169. The molecular weight excluding hydrogens is 286 g/mol. The summed E-state index contributed by atoms with van der Waals surface area (Å²) in [5.41, 5.74) is 0.235. The molecule has 1 fully saturated rings. The van der Waals surface area contributed by atoms with Crippen LogP contribution in [0.4, 0.5) is 4.39 Å². The summed E-state index contributed by atoms with van der Waals surface area (Å²) in [6.45, 7) is 9.32. The average molecular weight is 308 g/mol. The summed E-state index contributed by atoms with van der Waals surface area (Å²) >= 11 is 0. The Morgan fingerprint density at radius 3 is 2.32 bits per heavy atom. The highest BCUT2D eigenvalue weighted by Crippen LogP contribution is 2.36. The van der Waals surface area contributed by atoms with Gasteiger partial charge in [0.05, 0.1) is 17.8 Å². The van der Waals surface area contributed by atoms with Crippen molar-refractivity contribution in [2.24, 2.45) is 0 Å². The van der Waals surface area contributed by atoms with Crippen LogP contribution < -0.4 is 5.46 Å². The maximum Gasteiger partial charge on any atom is 0.494 e. The van der Waals surface area contributed by atoms with E-state index in [2.05, 4.69) is 0 Å². The summed E-state index contributed by atoms with van der Waals surface area (Å²) < 4.78 is 30.8. The van der Waals surface area contributed by atoms with Gasteiger partial charge in [0.1, 0.15) is 5.82 Å². The lowest BCUT2D eigenvalue weighted by Gasteiger charge is -2.32. The summed E-state index contributed by atoms with van der Waals surface area (Å²) in [5.74, 6) is -0.714. The van der Waals surface area contributed by atoms with Crippen LogP contribution in [0.1, 0.15) is 40.2 Å². The molecule has 1 aliphatic rings. The Labute approximate surface area is 131 Å². The van der Waals surface area contributed by atoms with Crippen LogP contribution in [0.3, 0.4) is 0 Å². The molecule has 1 aromatic rings. The second-order valence-electron chi connectivity index (χ2n) is 6.53. The molecule has 0 aromatic heterocycles. The smallest absolute Gasteiger partial charge is 0.466 e. The van der Waals surface area contributed by atoms with E-state index in [4.69, 9.17) is 14.0 Å². The number of carbonyl (C=O) groups is 1. The Morgan fingerprint density at radius 2 is 1.82 bits per heavy atom. The zero-order chi connectivity index (χ0) is 16.5. The van der Waals surface area contributed by atoms with Crippen molar-refractivity contribution in [3.63, 3.8) is 0 Å². The highest BCUT2D eigenvalue weighted by molar-refractivity contribution is 6.62. The van der Waals surface area contributed by atoms with E-state index in [1.165, 1.54) is 13.0 Å².